The van der Waals surface area contributed by atoms with Gasteiger partial charge in [0.25, 0.3) is 5.56 Å². The summed E-state index contributed by atoms with van der Waals surface area (Å²) < 4.78 is 20.5. The van der Waals surface area contributed by atoms with Crippen molar-refractivity contribution in [1.82, 2.24) is 9.55 Å². The predicted octanol–water partition coefficient (Wildman–Crippen LogP) is 2.98. The van der Waals surface area contributed by atoms with Crippen molar-refractivity contribution in [2.75, 3.05) is 7.11 Å². The number of fused-ring (bicyclic) bond motifs is 1. The van der Waals surface area contributed by atoms with Gasteiger partial charge in [0, 0.05) is 12.0 Å². The Labute approximate surface area is 124 Å². The van der Waals surface area contributed by atoms with E-state index in [1.54, 1.807) is 24.5 Å². The van der Waals surface area contributed by atoms with Gasteiger partial charge in [-0.3, -0.25) is 9.36 Å². The smallest absolute Gasteiger partial charge is 0.261 e. The first-order valence-electron chi connectivity index (χ1n) is 6.40. The average Bonchev–Trinajstić information content (AvgIpc) is 3.01. The molecule has 3 rings (SSSR count). The summed E-state index contributed by atoms with van der Waals surface area (Å²) >= 11 is 1.57. The molecule has 4 nitrogen and oxygen atoms in total. The van der Waals surface area contributed by atoms with Crippen molar-refractivity contribution in [2.24, 2.45) is 0 Å². The number of hydrogen-bond acceptors (Lipinski definition) is 4. The molecule has 6 heteroatoms. The van der Waals surface area contributed by atoms with Crippen LogP contribution in [0, 0.1) is 5.82 Å². The highest BCUT2D eigenvalue weighted by atomic mass is 32.1. The summed E-state index contributed by atoms with van der Waals surface area (Å²) in [5.41, 5.74) is -0.165. The molecule has 0 saturated heterocycles. The van der Waals surface area contributed by atoms with Crippen molar-refractivity contribution in [3.63, 3.8) is 0 Å². The molecule has 0 fully saturated rings. The van der Waals surface area contributed by atoms with Crippen LogP contribution in [0.1, 0.15) is 11.0 Å². The molecule has 2 heterocycles. The molecule has 0 aliphatic carbocycles. The van der Waals surface area contributed by atoms with Crippen LogP contribution in [0.15, 0.2) is 46.8 Å². The van der Waals surface area contributed by atoms with Crippen molar-refractivity contribution >= 4 is 22.2 Å². The highest BCUT2D eigenvalue weighted by molar-refractivity contribution is 7.10. The molecule has 21 heavy (non-hydrogen) atoms. The van der Waals surface area contributed by atoms with E-state index in [1.165, 1.54) is 23.0 Å². The first-order valence-corrected chi connectivity index (χ1v) is 7.28. The molecule has 2 aromatic heterocycles. The summed E-state index contributed by atoms with van der Waals surface area (Å²) in [6, 6.07) is 8.28. The maximum absolute atomic E-state index is 13.6. The Morgan fingerprint density at radius 1 is 1.38 bits per heavy atom. The maximum Gasteiger partial charge on any atom is 0.261 e. The summed E-state index contributed by atoms with van der Waals surface area (Å²) in [6.07, 6.45) is 1.14. The molecular weight excluding hydrogens is 291 g/mol. The number of rotatable bonds is 4. The molecule has 0 unspecified atom stereocenters. The summed E-state index contributed by atoms with van der Waals surface area (Å²) in [6.45, 7) is 0.343. The summed E-state index contributed by atoms with van der Waals surface area (Å²) in [5, 5.41) is 2.23. The highest BCUT2D eigenvalue weighted by Crippen LogP contribution is 2.23. The number of ether oxygens (including phenoxy) is 1. The first-order chi connectivity index (χ1) is 10.2. The van der Waals surface area contributed by atoms with Crippen LogP contribution < -0.4 is 5.56 Å². The monoisotopic (exact) mass is 304 g/mol. The molecule has 0 N–H and O–H groups in total. The minimum absolute atomic E-state index is 0.101. The second kappa shape index (κ2) is 5.75. The Balaban J connectivity index is 2.01. The fourth-order valence-corrected chi connectivity index (χ4v) is 3.01. The molecule has 1 aromatic carbocycles. The average molecular weight is 304 g/mol. The fourth-order valence-electron chi connectivity index (χ4n) is 2.22. The summed E-state index contributed by atoms with van der Waals surface area (Å²) in [4.78, 5) is 17.5. The minimum Gasteiger partial charge on any atom is -0.374 e. The Kier molecular flexibility index (Phi) is 3.81. The predicted molar refractivity (Wildman–Crippen MR) is 80.0 cm³/mol. The first kappa shape index (κ1) is 13.9. The molecule has 108 valence electrons. The Morgan fingerprint density at radius 3 is 2.95 bits per heavy atom. The van der Waals surface area contributed by atoms with Crippen LogP contribution in [0.2, 0.25) is 0 Å². The normalized spacial score (nSPS) is 12.7. The van der Waals surface area contributed by atoms with Crippen molar-refractivity contribution in [2.45, 2.75) is 12.6 Å². The van der Waals surface area contributed by atoms with E-state index in [0.29, 0.717) is 6.54 Å². The number of methoxy groups -OCH3 is 1. The van der Waals surface area contributed by atoms with Crippen LogP contribution in [-0.4, -0.2) is 16.7 Å². The minimum atomic E-state index is -0.488. The number of benzene rings is 1. The SMILES string of the molecule is CO[C@H](Cn1cnc2c(F)cccc2c1=O)c1cccs1. The third kappa shape index (κ3) is 2.59. The Hall–Kier alpha value is -2.05. The van der Waals surface area contributed by atoms with Crippen molar-refractivity contribution in [3.05, 3.63) is 63.1 Å². The molecular formula is C15H13FN2O2S. The van der Waals surface area contributed by atoms with Crippen LogP contribution in [-0.2, 0) is 11.3 Å². The number of hydrogen-bond donors (Lipinski definition) is 0. The number of nitrogens with zero attached hydrogens (tertiary/aromatic N) is 2. The Morgan fingerprint density at radius 2 is 2.24 bits per heavy atom. The zero-order chi connectivity index (χ0) is 14.8. The Bertz CT molecular complexity index is 814. The standard InChI is InChI=1S/C15H13FN2O2S/c1-20-12(13-6-3-7-21-13)8-18-9-17-14-10(15(18)19)4-2-5-11(14)16/h2-7,9,12H,8H2,1H3/t12-/m1/s1. The van der Waals surface area contributed by atoms with Gasteiger partial charge in [0.15, 0.2) is 0 Å². The van der Waals surface area contributed by atoms with Crippen molar-refractivity contribution in [3.8, 4) is 0 Å². The van der Waals surface area contributed by atoms with E-state index in [0.717, 1.165) is 4.88 Å². The van der Waals surface area contributed by atoms with Crippen LogP contribution >= 0.6 is 11.3 Å². The van der Waals surface area contributed by atoms with Gasteiger partial charge in [0.05, 0.1) is 18.3 Å². The van der Waals surface area contributed by atoms with Crippen LogP contribution in [0.4, 0.5) is 4.39 Å². The third-order valence-electron chi connectivity index (χ3n) is 3.31. The van der Waals surface area contributed by atoms with Gasteiger partial charge in [-0.2, -0.15) is 0 Å². The number of thiophene rings is 1. The number of halogens is 1. The lowest BCUT2D eigenvalue weighted by Crippen LogP contribution is -2.24. The topological polar surface area (TPSA) is 44.1 Å². The largest absolute Gasteiger partial charge is 0.374 e. The van der Waals surface area contributed by atoms with E-state index in [2.05, 4.69) is 4.98 Å². The van der Waals surface area contributed by atoms with E-state index in [9.17, 15) is 9.18 Å². The van der Waals surface area contributed by atoms with Crippen molar-refractivity contribution in [1.29, 1.82) is 0 Å². The lowest BCUT2D eigenvalue weighted by atomic mass is 10.2. The molecule has 3 aromatic rings. The molecule has 1 atom stereocenters. The van der Waals surface area contributed by atoms with E-state index >= 15 is 0 Å². The van der Waals surface area contributed by atoms with Gasteiger partial charge in [0.2, 0.25) is 0 Å². The lowest BCUT2D eigenvalue weighted by Gasteiger charge is -2.15. The molecule has 0 saturated carbocycles. The fraction of sp³-hybridized carbons (Fsp3) is 0.200. The summed E-state index contributed by atoms with van der Waals surface area (Å²) in [5.74, 6) is -0.488. The van der Waals surface area contributed by atoms with Gasteiger partial charge >= 0.3 is 0 Å². The second-order valence-corrected chi connectivity index (χ2v) is 5.56. The van der Waals surface area contributed by atoms with Gasteiger partial charge in [-0.1, -0.05) is 12.1 Å². The molecule has 0 spiro atoms. The zero-order valence-corrected chi connectivity index (χ0v) is 12.1. The van der Waals surface area contributed by atoms with Crippen LogP contribution in [0.5, 0.6) is 0 Å². The van der Waals surface area contributed by atoms with Gasteiger partial charge in [-0.15, -0.1) is 11.3 Å². The van der Waals surface area contributed by atoms with Gasteiger partial charge < -0.3 is 4.74 Å². The molecule has 0 aliphatic rings. The molecule has 0 bridgehead atoms. The van der Waals surface area contributed by atoms with E-state index in [-0.39, 0.29) is 22.6 Å². The molecule has 0 radical (unpaired) electrons. The third-order valence-corrected chi connectivity index (χ3v) is 4.28. The van der Waals surface area contributed by atoms with Gasteiger partial charge in [0.1, 0.15) is 17.4 Å². The molecule has 0 aliphatic heterocycles. The highest BCUT2D eigenvalue weighted by Gasteiger charge is 2.15. The summed E-state index contributed by atoms with van der Waals surface area (Å²) in [7, 11) is 1.60. The zero-order valence-electron chi connectivity index (χ0n) is 11.3. The quantitative estimate of drug-likeness (QED) is 0.744. The number of aromatic nitrogens is 2. The van der Waals surface area contributed by atoms with Crippen LogP contribution in [0.3, 0.4) is 0 Å². The molecule has 0 amide bonds. The lowest BCUT2D eigenvalue weighted by molar-refractivity contribution is 0.0897. The van der Waals surface area contributed by atoms with Crippen molar-refractivity contribution < 1.29 is 9.13 Å². The van der Waals surface area contributed by atoms with Gasteiger partial charge in [-0.25, -0.2) is 9.37 Å². The van der Waals surface area contributed by atoms with Gasteiger partial charge in [-0.05, 0) is 23.6 Å². The number of para-hydroxylation sites is 1. The van der Waals surface area contributed by atoms with Crippen LogP contribution in [0.25, 0.3) is 10.9 Å². The van der Waals surface area contributed by atoms with E-state index < -0.39 is 5.82 Å². The van der Waals surface area contributed by atoms with E-state index in [1.807, 2.05) is 17.5 Å². The van der Waals surface area contributed by atoms with E-state index in [4.69, 9.17) is 4.74 Å². The second-order valence-electron chi connectivity index (χ2n) is 4.58. The maximum atomic E-state index is 13.6.